The van der Waals surface area contributed by atoms with E-state index in [0.717, 1.165) is 5.06 Å². The van der Waals surface area contributed by atoms with Crippen LogP contribution < -0.4 is 5.32 Å². The second kappa shape index (κ2) is 5.21. The quantitative estimate of drug-likeness (QED) is 0.576. The lowest BCUT2D eigenvalue weighted by molar-refractivity contribution is -0.233. The molecule has 0 aliphatic carbocycles. The van der Waals surface area contributed by atoms with Crippen molar-refractivity contribution in [3.8, 4) is 5.75 Å². The van der Waals surface area contributed by atoms with Crippen LogP contribution >= 0.6 is 0 Å². The number of aromatic hydroxyl groups is 1. The Hall–Kier alpha value is -1.83. The van der Waals surface area contributed by atoms with Gasteiger partial charge in [0, 0.05) is 5.69 Å². The van der Waals surface area contributed by atoms with E-state index in [4.69, 9.17) is 9.94 Å². The summed E-state index contributed by atoms with van der Waals surface area (Å²) in [7, 11) is 0. The summed E-state index contributed by atoms with van der Waals surface area (Å²) in [6.07, 6.45) is -2.13. The number of carbonyl (C=O) groups is 1. The van der Waals surface area contributed by atoms with Gasteiger partial charge in [-0.3, -0.25) is 5.32 Å². The molecule has 7 nitrogen and oxygen atoms in total. The maximum Gasteiger partial charge on any atom is 0.430 e. The van der Waals surface area contributed by atoms with Gasteiger partial charge in [0.2, 0.25) is 0 Å². The lowest BCUT2D eigenvalue weighted by Gasteiger charge is -2.21. The smallest absolute Gasteiger partial charge is 0.430 e. The van der Waals surface area contributed by atoms with Crippen molar-refractivity contribution in [2.75, 3.05) is 5.32 Å². The third-order valence-corrected chi connectivity index (χ3v) is 2.57. The summed E-state index contributed by atoms with van der Waals surface area (Å²) in [6, 6.07) is 5.81. The second-order valence-corrected chi connectivity index (χ2v) is 3.95. The average molecular weight is 254 g/mol. The molecule has 1 aliphatic heterocycles. The normalized spacial score (nSPS) is 23.9. The number of phenolic OH excluding ortho intramolecular Hbond substituents is 1. The number of aliphatic hydroxyl groups excluding tert-OH is 2. The fraction of sp³-hybridized carbons (Fsp3) is 0.364. The summed E-state index contributed by atoms with van der Waals surface area (Å²) in [4.78, 5) is 16.3. The zero-order chi connectivity index (χ0) is 13.1. The fourth-order valence-corrected chi connectivity index (χ4v) is 1.65. The van der Waals surface area contributed by atoms with Crippen molar-refractivity contribution in [2.45, 2.75) is 25.3 Å². The van der Waals surface area contributed by atoms with Crippen molar-refractivity contribution in [1.29, 1.82) is 0 Å². The SMILES string of the molecule is O=C(Nc1ccc(O)cc1)ON1C(O)CCC1O. The van der Waals surface area contributed by atoms with Crippen LogP contribution in [-0.4, -0.2) is 38.9 Å². The minimum atomic E-state index is -0.995. The largest absolute Gasteiger partial charge is 0.508 e. The fourth-order valence-electron chi connectivity index (χ4n) is 1.65. The van der Waals surface area contributed by atoms with Crippen molar-refractivity contribution in [2.24, 2.45) is 0 Å². The van der Waals surface area contributed by atoms with Crippen molar-refractivity contribution in [3.05, 3.63) is 24.3 Å². The topological polar surface area (TPSA) is 102 Å². The van der Waals surface area contributed by atoms with Crippen LogP contribution in [0.2, 0.25) is 0 Å². The molecule has 0 aromatic heterocycles. The molecule has 2 rings (SSSR count). The Labute approximate surface area is 103 Å². The van der Waals surface area contributed by atoms with E-state index >= 15 is 0 Å². The molecule has 2 unspecified atom stereocenters. The highest BCUT2D eigenvalue weighted by atomic mass is 16.8. The molecule has 1 fully saturated rings. The van der Waals surface area contributed by atoms with Gasteiger partial charge in [-0.1, -0.05) is 5.06 Å². The van der Waals surface area contributed by atoms with Crippen LogP contribution in [0.15, 0.2) is 24.3 Å². The molecule has 2 atom stereocenters. The Balaban J connectivity index is 1.90. The summed E-state index contributed by atoms with van der Waals surface area (Å²) in [6.45, 7) is 0. The lowest BCUT2D eigenvalue weighted by Crippen LogP contribution is -2.39. The first kappa shape index (κ1) is 12.6. The van der Waals surface area contributed by atoms with Gasteiger partial charge in [0.25, 0.3) is 0 Å². The summed E-state index contributed by atoms with van der Waals surface area (Å²) in [5.74, 6) is 0.0827. The molecule has 1 heterocycles. The highest BCUT2D eigenvalue weighted by molar-refractivity contribution is 5.84. The van der Waals surface area contributed by atoms with Crippen molar-refractivity contribution < 1.29 is 25.0 Å². The number of hydroxylamine groups is 2. The van der Waals surface area contributed by atoms with Gasteiger partial charge in [-0.25, -0.2) is 4.79 Å². The van der Waals surface area contributed by atoms with E-state index in [2.05, 4.69) is 5.32 Å². The zero-order valence-corrected chi connectivity index (χ0v) is 9.48. The van der Waals surface area contributed by atoms with Crippen LogP contribution in [0.3, 0.4) is 0 Å². The van der Waals surface area contributed by atoms with Gasteiger partial charge in [-0.15, -0.1) is 0 Å². The van der Waals surface area contributed by atoms with Gasteiger partial charge < -0.3 is 20.2 Å². The number of nitrogens with one attached hydrogen (secondary N) is 1. The molecule has 0 saturated carbocycles. The molecular formula is C11H14N2O5. The minimum absolute atomic E-state index is 0.0827. The number of hydrogen-bond donors (Lipinski definition) is 4. The monoisotopic (exact) mass is 254 g/mol. The lowest BCUT2D eigenvalue weighted by atomic mass is 10.3. The van der Waals surface area contributed by atoms with Gasteiger partial charge in [0.1, 0.15) is 18.2 Å². The average Bonchev–Trinajstić information content (AvgIpc) is 2.64. The molecule has 1 aromatic carbocycles. The summed E-state index contributed by atoms with van der Waals surface area (Å²) < 4.78 is 0. The molecule has 18 heavy (non-hydrogen) atoms. The van der Waals surface area contributed by atoms with E-state index in [1.54, 1.807) is 0 Å². The maximum absolute atomic E-state index is 11.5. The number of nitrogens with zero attached hydrogens (tertiary/aromatic N) is 1. The summed E-state index contributed by atoms with van der Waals surface area (Å²) >= 11 is 0. The van der Waals surface area contributed by atoms with E-state index in [1.165, 1.54) is 24.3 Å². The van der Waals surface area contributed by atoms with Crippen LogP contribution in [0.4, 0.5) is 10.5 Å². The molecule has 4 N–H and O–H groups in total. The Morgan fingerprint density at radius 2 is 1.78 bits per heavy atom. The number of hydrogen-bond acceptors (Lipinski definition) is 6. The van der Waals surface area contributed by atoms with Crippen LogP contribution in [0.1, 0.15) is 12.8 Å². The van der Waals surface area contributed by atoms with E-state index < -0.39 is 18.5 Å². The third kappa shape index (κ3) is 2.89. The first-order valence-corrected chi connectivity index (χ1v) is 5.49. The van der Waals surface area contributed by atoms with Crippen molar-refractivity contribution >= 4 is 11.8 Å². The first-order chi connectivity index (χ1) is 8.56. The predicted molar refractivity (Wildman–Crippen MR) is 61.3 cm³/mol. The van der Waals surface area contributed by atoms with Crippen LogP contribution in [0, 0.1) is 0 Å². The van der Waals surface area contributed by atoms with E-state index in [-0.39, 0.29) is 5.75 Å². The number of benzene rings is 1. The maximum atomic E-state index is 11.5. The van der Waals surface area contributed by atoms with E-state index in [0.29, 0.717) is 18.5 Å². The van der Waals surface area contributed by atoms with Gasteiger partial charge in [0.05, 0.1) is 0 Å². The minimum Gasteiger partial charge on any atom is -0.508 e. The number of amides is 1. The molecule has 1 amide bonds. The number of rotatable bonds is 2. The molecule has 1 saturated heterocycles. The highest BCUT2D eigenvalue weighted by Crippen LogP contribution is 2.21. The molecule has 0 spiro atoms. The molecule has 1 aliphatic rings. The predicted octanol–water partition coefficient (Wildman–Crippen LogP) is 0.588. The van der Waals surface area contributed by atoms with Crippen LogP contribution in [0.5, 0.6) is 5.75 Å². The van der Waals surface area contributed by atoms with Gasteiger partial charge in [-0.2, -0.15) is 0 Å². The zero-order valence-electron chi connectivity index (χ0n) is 9.48. The molecule has 7 heteroatoms. The number of aliphatic hydroxyl groups is 2. The Kier molecular flexibility index (Phi) is 3.66. The highest BCUT2D eigenvalue weighted by Gasteiger charge is 2.34. The number of phenols is 1. The summed E-state index contributed by atoms with van der Waals surface area (Å²) in [5.41, 5.74) is 0.431. The summed E-state index contributed by atoms with van der Waals surface area (Å²) in [5, 5.41) is 31.2. The van der Waals surface area contributed by atoms with Gasteiger partial charge >= 0.3 is 6.09 Å². The van der Waals surface area contributed by atoms with Crippen LogP contribution in [-0.2, 0) is 4.84 Å². The molecule has 1 aromatic rings. The number of anilines is 1. The molecule has 0 bridgehead atoms. The van der Waals surface area contributed by atoms with Crippen molar-refractivity contribution in [3.63, 3.8) is 0 Å². The Morgan fingerprint density at radius 3 is 2.33 bits per heavy atom. The van der Waals surface area contributed by atoms with E-state index in [1.807, 2.05) is 0 Å². The Bertz CT molecular complexity index is 412. The van der Waals surface area contributed by atoms with Gasteiger partial charge in [0.15, 0.2) is 0 Å². The number of carbonyl (C=O) groups excluding carboxylic acids is 1. The standard InChI is InChI=1S/C11H14N2O5/c14-8-3-1-7(2-4-8)12-11(17)18-13-9(15)5-6-10(13)16/h1-4,9-10,14-16H,5-6H2,(H,12,17). The third-order valence-electron chi connectivity index (χ3n) is 2.57. The first-order valence-electron chi connectivity index (χ1n) is 5.49. The van der Waals surface area contributed by atoms with Gasteiger partial charge in [-0.05, 0) is 37.1 Å². The molecule has 98 valence electrons. The van der Waals surface area contributed by atoms with Crippen LogP contribution in [0.25, 0.3) is 0 Å². The second-order valence-electron chi connectivity index (χ2n) is 3.95. The molecule has 0 radical (unpaired) electrons. The Morgan fingerprint density at radius 1 is 1.22 bits per heavy atom. The van der Waals surface area contributed by atoms with E-state index in [9.17, 15) is 15.0 Å². The molecular weight excluding hydrogens is 240 g/mol. The van der Waals surface area contributed by atoms with Crippen molar-refractivity contribution in [1.82, 2.24) is 5.06 Å².